The third-order valence-electron chi connectivity index (χ3n) is 3.66. The number of anilines is 1. The molecule has 0 saturated carbocycles. The number of nitrogens with two attached hydrogens (primary N) is 1. The van der Waals surface area contributed by atoms with Crippen molar-refractivity contribution >= 4 is 17.4 Å². The first-order valence-electron chi connectivity index (χ1n) is 7.56. The zero-order valence-electron chi connectivity index (χ0n) is 13.7. The van der Waals surface area contributed by atoms with Gasteiger partial charge in [0.15, 0.2) is 5.78 Å². The van der Waals surface area contributed by atoms with Crippen LogP contribution in [0.4, 0.5) is 5.69 Å². The second-order valence-electron chi connectivity index (χ2n) is 6.49. The predicted octanol–water partition coefficient (Wildman–Crippen LogP) is 3.38. The van der Waals surface area contributed by atoms with Crippen molar-refractivity contribution in [2.75, 3.05) is 11.9 Å². The summed E-state index contributed by atoms with van der Waals surface area (Å²) in [6.45, 7) is 6.37. The van der Waals surface area contributed by atoms with Crippen molar-refractivity contribution in [1.82, 2.24) is 0 Å². The van der Waals surface area contributed by atoms with Crippen LogP contribution in [0.5, 0.6) is 0 Å². The first kappa shape index (κ1) is 16.9. The number of nitrogens with one attached hydrogen (secondary N) is 1. The molecule has 0 spiro atoms. The summed E-state index contributed by atoms with van der Waals surface area (Å²) in [5.41, 5.74) is 8.34. The summed E-state index contributed by atoms with van der Waals surface area (Å²) in [5.74, 6) is -0.302. The van der Waals surface area contributed by atoms with Crippen LogP contribution in [0.25, 0.3) is 0 Å². The Hall–Kier alpha value is -2.46. The molecular formula is C19H22N2O2. The second kappa shape index (κ2) is 6.75. The van der Waals surface area contributed by atoms with Crippen LogP contribution in [0, 0.1) is 0 Å². The van der Waals surface area contributed by atoms with Gasteiger partial charge in [-0.1, -0.05) is 32.9 Å². The molecule has 2 rings (SSSR count). The maximum absolute atomic E-state index is 12.3. The molecule has 0 saturated heterocycles. The molecule has 2 aromatic rings. The Balaban J connectivity index is 2.08. The number of rotatable bonds is 4. The van der Waals surface area contributed by atoms with Gasteiger partial charge in [0.1, 0.15) is 0 Å². The summed E-state index contributed by atoms with van der Waals surface area (Å²) in [6.07, 6.45) is 0. The van der Waals surface area contributed by atoms with Crippen LogP contribution >= 0.6 is 0 Å². The highest BCUT2D eigenvalue weighted by atomic mass is 16.1. The molecule has 3 N–H and O–H groups in total. The molecule has 4 heteroatoms. The van der Waals surface area contributed by atoms with E-state index in [1.165, 1.54) is 5.56 Å². The van der Waals surface area contributed by atoms with E-state index in [2.05, 4.69) is 26.1 Å². The molecule has 0 atom stereocenters. The van der Waals surface area contributed by atoms with Gasteiger partial charge in [0.05, 0.1) is 6.54 Å². The van der Waals surface area contributed by atoms with Crippen molar-refractivity contribution in [3.05, 3.63) is 65.2 Å². The second-order valence-corrected chi connectivity index (χ2v) is 6.49. The standard InChI is InChI=1S/C19H22N2O2/c1-19(2,3)15-8-4-14(5-9-15)18(23)21-16-10-6-13(7-11-16)17(22)12-20/h4-11H,12,20H2,1-3H3,(H,21,23). The number of hydrogen-bond acceptors (Lipinski definition) is 3. The molecule has 4 nitrogen and oxygen atoms in total. The molecule has 0 unspecified atom stereocenters. The minimum Gasteiger partial charge on any atom is -0.324 e. The van der Waals surface area contributed by atoms with Crippen molar-refractivity contribution in [2.24, 2.45) is 5.73 Å². The van der Waals surface area contributed by atoms with E-state index < -0.39 is 0 Å². The van der Waals surface area contributed by atoms with Gasteiger partial charge in [0, 0.05) is 16.8 Å². The minimum absolute atomic E-state index is 0.0220. The van der Waals surface area contributed by atoms with Crippen molar-refractivity contribution in [2.45, 2.75) is 26.2 Å². The average molecular weight is 310 g/mol. The SMILES string of the molecule is CC(C)(C)c1ccc(C(=O)Nc2ccc(C(=O)CN)cc2)cc1. The monoisotopic (exact) mass is 310 g/mol. The Morgan fingerprint density at radius 3 is 1.91 bits per heavy atom. The van der Waals surface area contributed by atoms with Crippen molar-refractivity contribution < 1.29 is 9.59 Å². The summed E-state index contributed by atoms with van der Waals surface area (Å²) >= 11 is 0. The lowest BCUT2D eigenvalue weighted by atomic mass is 9.87. The highest BCUT2D eigenvalue weighted by Crippen LogP contribution is 2.22. The van der Waals surface area contributed by atoms with E-state index in [9.17, 15) is 9.59 Å². The fourth-order valence-corrected chi connectivity index (χ4v) is 2.18. The maximum atomic E-state index is 12.3. The fourth-order valence-electron chi connectivity index (χ4n) is 2.18. The predicted molar refractivity (Wildman–Crippen MR) is 92.9 cm³/mol. The van der Waals surface area contributed by atoms with Gasteiger partial charge in [0.2, 0.25) is 0 Å². The number of ketones is 1. The zero-order valence-corrected chi connectivity index (χ0v) is 13.7. The molecule has 0 radical (unpaired) electrons. The number of amides is 1. The molecule has 0 bridgehead atoms. The third-order valence-corrected chi connectivity index (χ3v) is 3.66. The van der Waals surface area contributed by atoms with Crippen LogP contribution in [0.15, 0.2) is 48.5 Å². The van der Waals surface area contributed by atoms with Gasteiger partial charge in [-0.25, -0.2) is 0 Å². The normalized spacial score (nSPS) is 11.1. The Morgan fingerprint density at radius 1 is 0.913 bits per heavy atom. The van der Waals surface area contributed by atoms with Gasteiger partial charge in [-0.3, -0.25) is 9.59 Å². The molecule has 0 heterocycles. The van der Waals surface area contributed by atoms with Crippen LogP contribution in [0.1, 0.15) is 47.1 Å². The number of Topliss-reactive ketones (excluding diaryl/α,β-unsaturated/α-hetero) is 1. The topological polar surface area (TPSA) is 72.2 Å². The van der Waals surface area contributed by atoms with Crippen molar-refractivity contribution in [3.63, 3.8) is 0 Å². The van der Waals surface area contributed by atoms with E-state index in [1.54, 1.807) is 24.3 Å². The van der Waals surface area contributed by atoms with E-state index in [1.807, 2.05) is 24.3 Å². The zero-order chi connectivity index (χ0) is 17.0. The highest BCUT2D eigenvalue weighted by molar-refractivity contribution is 6.04. The van der Waals surface area contributed by atoms with Gasteiger partial charge >= 0.3 is 0 Å². The van der Waals surface area contributed by atoms with E-state index >= 15 is 0 Å². The van der Waals surface area contributed by atoms with Gasteiger partial charge in [-0.15, -0.1) is 0 Å². The minimum atomic E-state index is -0.177. The van der Waals surface area contributed by atoms with E-state index in [-0.39, 0.29) is 23.7 Å². The molecule has 1 amide bonds. The van der Waals surface area contributed by atoms with Crippen molar-refractivity contribution in [1.29, 1.82) is 0 Å². The average Bonchev–Trinajstić information content (AvgIpc) is 2.54. The molecule has 0 aliphatic rings. The molecule has 0 aromatic heterocycles. The summed E-state index contributed by atoms with van der Waals surface area (Å²) in [5, 5.41) is 2.82. The van der Waals surface area contributed by atoms with Gasteiger partial charge in [-0.05, 0) is 47.4 Å². The molecule has 0 aliphatic carbocycles. The van der Waals surface area contributed by atoms with E-state index in [0.29, 0.717) is 16.8 Å². The Kier molecular flexibility index (Phi) is 4.96. The first-order valence-corrected chi connectivity index (χ1v) is 7.56. The number of hydrogen-bond donors (Lipinski definition) is 2. The summed E-state index contributed by atoms with van der Waals surface area (Å²) in [4.78, 5) is 23.7. The van der Waals surface area contributed by atoms with E-state index in [0.717, 1.165) is 0 Å². The molecule has 0 fully saturated rings. The summed E-state index contributed by atoms with van der Waals surface area (Å²) < 4.78 is 0. The highest BCUT2D eigenvalue weighted by Gasteiger charge is 2.14. The van der Waals surface area contributed by atoms with Gasteiger partial charge < -0.3 is 11.1 Å². The third kappa shape index (κ3) is 4.27. The molecular weight excluding hydrogens is 288 g/mol. The Morgan fingerprint density at radius 2 is 1.43 bits per heavy atom. The smallest absolute Gasteiger partial charge is 0.255 e. The van der Waals surface area contributed by atoms with Gasteiger partial charge in [-0.2, -0.15) is 0 Å². The molecule has 23 heavy (non-hydrogen) atoms. The van der Waals surface area contributed by atoms with Crippen LogP contribution in [0.3, 0.4) is 0 Å². The quantitative estimate of drug-likeness (QED) is 0.850. The first-order chi connectivity index (χ1) is 10.8. The van der Waals surface area contributed by atoms with Crippen LogP contribution in [-0.4, -0.2) is 18.2 Å². The maximum Gasteiger partial charge on any atom is 0.255 e. The lowest BCUT2D eigenvalue weighted by molar-refractivity contribution is 0.0999. The lowest BCUT2D eigenvalue weighted by Crippen LogP contribution is -2.15. The summed E-state index contributed by atoms with van der Waals surface area (Å²) in [6, 6.07) is 14.3. The lowest BCUT2D eigenvalue weighted by Gasteiger charge is -2.19. The summed E-state index contributed by atoms with van der Waals surface area (Å²) in [7, 11) is 0. The number of benzene rings is 2. The van der Waals surface area contributed by atoms with Crippen LogP contribution in [0.2, 0.25) is 0 Å². The Bertz CT molecular complexity index is 696. The molecule has 120 valence electrons. The largest absolute Gasteiger partial charge is 0.324 e. The number of carbonyl (C=O) groups is 2. The van der Waals surface area contributed by atoms with Crippen molar-refractivity contribution in [3.8, 4) is 0 Å². The Labute approximate surface area is 136 Å². The van der Waals surface area contributed by atoms with E-state index in [4.69, 9.17) is 5.73 Å². The molecule has 2 aromatic carbocycles. The molecule has 0 aliphatic heterocycles. The van der Waals surface area contributed by atoms with Crippen LogP contribution in [-0.2, 0) is 5.41 Å². The van der Waals surface area contributed by atoms with Crippen LogP contribution < -0.4 is 11.1 Å². The van der Waals surface area contributed by atoms with Gasteiger partial charge in [0.25, 0.3) is 5.91 Å². The number of carbonyl (C=O) groups excluding carboxylic acids is 2. The fraction of sp³-hybridized carbons (Fsp3) is 0.263.